The SMILES string of the molecule is CC.CCCC(CCC)Cc1cccs1. The maximum atomic E-state index is 2.29. The van der Waals surface area contributed by atoms with Gasteiger partial charge in [0.1, 0.15) is 0 Å². The van der Waals surface area contributed by atoms with Crippen LogP contribution in [0, 0.1) is 5.92 Å². The molecule has 0 amide bonds. The average Bonchev–Trinajstić information content (AvgIpc) is 2.74. The Morgan fingerprint density at radius 1 is 1.13 bits per heavy atom. The molecule has 88 valence electrons. The first kappa shape index (κ1) is 14.7. The molecule has 0 atom stereocenters. The Morgan fingerprint density at radius 3 is 2.13 bits per heavy atom. The third-order valence-corrected chi connectivity index (χ3v) is 3.36. The van der Waals surface area contributed by atoms with E-state index in [1.165, 1.54) is 32.1 Å². The minimum Gasteiger partial charge on any atom is -0.149 e. The molecule has 0 fully saturated rings. The monoisotopic (exact) mass is 226 g/mol. The molecule has 15 heavy (non-hydrogen) atoms. The normalized spacial score (nSPS) is 9.93. The van der Waals surface area contributed by atoms with Crippen LogP contribution in [0.5, 0.6) is 0 Å². The third kappa shape index (κ3) is 6.72. The average molecular weight is 226 g/mol. The predicted molar refractivity (Wildman–Crippen MR) is 72.7 cm³/mol. The lowest BCUT2D eigenvalue weighted by Gasteiger charge is -2.13. The Hall–Kier alpha value is -0.300. The van der Waals surface area contributed by atoms with Crippen molar-refractivity contribution in [3.05, 3.63) is 22.4 Å². The van der Waals surface area contributed by atoms with Gasteiger partial charge in [0.2, 0.25) is 0 Å². The summed E-state index contributed by atoms with van der Waals surface area (Å²) in [4.78, 5) is 1.56. The predicted octanol–water partition coefficient (Wildman–Crippen LogP) is 5.53. The van der Waals surface area contributed by atoms with Crippen molar-refractivity contribution in [2.45, 2.75) is 59.8 Å². The molecule has 0 unspecified atom stereocenters. The maximum Gasteiger partial charge on any atom is 0.00479 e. The topological polar surface area (TPSA) is 0 Å². The van der Waals surface area contributed by atoms with Gasteiger partial charge in [-0.1, -0.05) is 59.4 Å². The van der Waals surface area contributed by atoms with Crippen LogP contribution in [0.25, 0.3) is 0 Å². The maximum absolute atomic E-state index is 2.29. The van der Waals surface area contributed by atoms with Gasteiger partial charge in [0.05, 0.1) is 0 Å². The molecule has 0 radical (unpaired) electrons. The first-order valence-electron chi connectivity index (χ1n) is 6.39. The van der Waals surface area contributed by atoms with Crippen LogP contribution >= 0.6 is 11.3 Å². The molecule has 0 aliphatic rings. The molecule has 0 N–H and O–H groups in total. The largest absolute Gasteiger partial charge is 0.149 e. The third-order valence-electron chi connectivity index (χ3n) is 2.46. The van der Waals surface area contributed by atoms with E-state index in [0.29, 0.717) is 0 Å². The van der Waals surface area contributed by atoms with Gasteiger partial charge in [0.25, 0.3) is 0 Å². The zero-order chi connectivity index (χ0) is 11.5. The van der Waals surface area contributed by atoms with Gasteiger partial charge in [0.15, 0.2) is 0 Å². The lowest BCUT2D eigenvalue weighted by Crippen LogP contribution is -2.02. The molecule has 0 saturated heterocycles. The minimum atomic E-state index is 0.925. The van der Waals surface area contributed by atoms with Crippen molar-refractivity contribution in [1.29, 1.82) is 0 Å². The van der Waals surface area contributed by atoms with Crippen LogP contribution in [0.3, 0.4) is 0 Å². The summed E-state index contributed by atoms with van der Waals surface area (Å²) in [5.74, 6) is 0.925. The molecule has 0 aromatic carbocycles. The van der Waals surface area contributed by atoms with E-state index in [0.717, 1.165) is 5.92 Å². The Labute approximate surface area is 99.7 Å². The van der Waals surface area contributed by atoms with Crippen molar-refractivity contribution in [2.24, 2.45) is 5.92 Å². The van der Waals surface area contributed by atoms with Crippen molar-refractivity contribution in [3.8, 4) is 0 Å². The van der Waals surface area contributed by atoms with Crippen LogP contribution < -0.4 is 0 Å². The molecule has 0 saturated carbocycles. The zero-order valence-corrected chi connectivity index (χ0v) is 11.6. The van der Waals surface area contributed by atoms with E-state index in [9.17, 15) is 0 Å². The van der Waals surface area contributed by atoms with Gasteiger partial charge in [0, 0.05) is 4.88 Å². The Kier molecular flexibility index (Phi) is 10.0. The van der Waals surface area contributed by atoms with Gasteiger partial charge in [-0.15, -0.1) is 11.3 Å². The van der Waals surface area contributed by atoms with Crippen molar-refractivity contribution >= 4 is 11.3 Å². The molecular formula is C14H26S. The molecule has 0 nitrogen and oxygen atoms in total. The van der Waals surface area contributed by atoms with E-state index in [-0.39, 0.29) is 0 Å². The van der Waals surface area contributed by atoms with E-state index in [1.807, 2.05) is 25.2 Å². The molecule has 0 aliphatic carbocycles. The Balaban J connectivity index is 0.000000921. The number of hydrogen-bond acceptors (Lipinski definition) is 1. The van der Waals surface area contributed by atoms with Crippen LogP contribution in [0.4, 0.5) is 0 Å². The first-order chi connectivity index (χ1) is 7.36. The molecule has 1 rings (SSSR count). The van der Waals surface area contributed by atoms with E-state index in [4.69, 9.17) is 0 Å². The quantitative estimate of drug-likeness (QED) is 0.598. The fraction of sp³-hybridized carbons (Fsp3) is 0.714. The fourth-order valence-corrected chi connectivity index (χ4v) is 2.70. The lowest BCUT2D eigenvalue weighted by molar-refractivity contribution is 0.441. The second-order valence-corrected chi connectivity index (χ2v) is 4.76. The molecule has 1 heterocycles. The lowest BCUT2D eigenvalue weighted by atomic mass is 9.94. The Bertz CT molecular complexity index is 195. The second kappa shape index (κ2) is 10.2. The van der Waals surface area contributed by atoms with E-state index < -0.39 is 0 Å². The molecular weight excluding hydrogens is 200 g/mol. The standard InChI is InChI=1S/C12H20S.C2H6/c1-3-6-11(7-4-2)10-12-8-5-9-13-12;1-2/h5,8-9,11H,3-4,6-7,10H2,1-2H3;1-2H3. The van der Waals surface area contributed by atoms with Crippen molar-refractivity contribution in [1.82, 2.24) is 0 Å². The van der Waals surface area contributed by atoms with Crippen LogP contribution in [-0.2, 0) is 6.42 Å². The van der Waals surface area contributed by atoms with Gasteiger partial charge in [-0.25, -0.2) is 0 Å². The number of thiophene rings is 1. The van der Waals surface area contributed by atoms with Crippen molar-refractivity contribution in [3.63, 3.8) is 0 Å². The van der Waals surface area contributed by atoms with Crippen LogP contribution in [0.2, 0.25) is 0 Å². The summed E-state index contributed by atoms with van der Waals surface area (Å²) >= 11 is 1.90. The number of rotatable bonds is 6. The highest BCUT2D eigenvalue weighted by atomic mass is 32.1. The highest BCUT2D eigenvalue weighted by molar-refractivity contribution is 7.09. The Morgan fingerprint density at radius 2 is 1.73 bits per heavy atom. The summed E-state index contributed by atoms with van der Waals surface area (Å²) in [5, 5.41) is 2.18. The summed E-state index contributed by atoms with van der Waals surface area (Å²) in [5.41, 5.74) is 0. The molecule has 0 spiro atoms. The summed E-state index contributed by atoms with van der Waals surface area (Å²) in [7, 11) is 0. The smallest absolute Gasteiger partial charge is 0.00479 e. The molecule has 1 aromatic heterocycles. The summed E-state index contributed by atoms with van der Waals surface area (Å²) in [6.45, 7) is 8.58. The first-order valence-corrected chi connectivity index (χ1v) is 7.27. The zero-order valence-electron chi connectivity index (χ0n) is 10.8. The molecule has 1 heteroatoms. The van der Waals surface area contributed by atoms with Crippen LogP contribution in [0.1, 0.15) is 58.3 Å². The minimum absolute atomic E-state index is 0.925. The van der Waals surface area contributed by atoms with Crippen molar-refractivity contribution < 1.29 is 0 Å². The van der Waals surface area contributed by atoms with Gasteiger partial charge in [-0.05, 0) is 23.8 Å². The van der Waals surface area contributed by atoms with Crippen LogP contribution in [0.15, 0.2) is 17.5 Å². The summed E-state index contributed by atoms with van der Waals surface area (Å²) in [6.07, 6.45) is 6.75. The van der Waals surface area contributed by atoms with Crippen LogP contribution in [-0.4, -0.2) is 0 Å². The van der Waals surface area contributed by atoms with E-state index in [2.05, 4.69) is 31.4 Å². The highest BCUT2D eigenvalue weighted by Gasteiger charge is 2.07. The highest BCUT2D eigenvalue weighted by Crippen LogP contribution is 2.21. The van der Waals surface area contributed by atoms with Gasteiger partial charge >= 0.3 is 0 Å². The fourth-order valence-electron chi connectivity index (χ4n) is 1.88. The summed E-state index contributed by atoms with van der Waals surface area (Å²) in [6, 6.07) is 4.43. The van der Waals surface area contributed by atoms with E-state index >= 15 is 0 Å². The number of hydrogen-bond donors (Lipinski definition) is 0. The molecule has 1 aromatic rings. The van der Waals surface area contributed by atoms with Crippen molar-refractivity contribution in [2.75, 3.05) is 0 Å². The summed E-state index contributed by atoms with van der Waals surface area (Å²) < 4.78 is 0. The molecule has 0 bridgehead atoms. The molecule has 0 aliphatic heterocycles. The van der Waals surface area contributed by atoms with Gasteiger partial charge in [-0.3, -0.25) is 0 Å². The van der Waals surface area contributed by atoms with Gasteiger partial charge < -0.3 is 0 Å². The van der Waals surface area contributed by atoms with Gasteiger partial charge in [-0.2, -0.15) is 0 Å². The van der Waals surface area contributed by atoms with E-state index in [1.54, 1.807) is 4.88 Å². The second-order valence-electron chi connectivity index (χ2n) is 3.73.